The first-order valence-corrected chi connectivity index (χ1v) is 7.78. The predicted molar refractivity (Wildman–Crippen MR) is 75.1 cm³/mol. The first-order valence-electron chi connectivity index (χ1n) is 7.78. The Morgan fingerprint density at radius 2 is 2.05 bits per heavy atom. The summed E-state index contributed by atoms with van der Waals surface area (Å²) in [7, 11) is 0. The Morgan fingerprint density at radius 3 is 2.86 bits per heavy atom. The molecule has 2 unspecified atom stereocenters. The Labute approximate surface area is 124 Å². The molecule has 2 amide bonds. The molecule has 3 rings (SSSR count). The highest BCUT2D eigenvalue weighted by Crippen LogP contribution is 2.22. The molecule has 3 saturated heterocycles. The lowest BCUT2D eigenvalue weighted by atomic mass is 10.2. The van der Waals surface area contributed by atoms with Gasteiger partial charge >= 0.3 is 12.0 Å². The zero-order valence-electron chi connectivity index (χ0n) is 12.2. The van der Waals surface area contributed by atoms with Gasteiger partial charge in [-0.3, -0.25) is 4.90 Å². The molecular formula is C14H23N3O4. The second kappa shape index (κ2) is 6.19. The van der Waals surface area contributed by atoms with Gasteiger partial charge in [-0.1, -0.05) is 0 Å². The molecule has 0 bridgehead atoms. The molecule has 3 atom stereocenters. The van der Waals surface area contributed by atoms with Crippen molar-refractivity contribution in [1.29, 1.82) is 0 Å². The van der Waals surface area contributed by atoms with Crippen LogP contribution in [0.3, 0.4) is 0 Å². The summed E-state index contributed by atoms with van der Waals surface area (Å²) in [4.78, 5) is 27.1. The Bertz CT molecular complexity index is 417. The van der Waals surface area contributed by atoms with Crippen molar-refractivity contribution in [1.82, 2.24) is 15.1 Å². The number of hydrogen-bond donors (Lipinski definition) is 2. The number of carboxylic acid groups (broad SMARTS) is 1. The van der Waals surface area contributed by atoms with Crippen LogP contribution in [0, 0.1) is 0 Å². The molecule has 0 aliphatic carbocycles. The quantitative estimate of drug-likeness (QED) is 0.772. The van der Waals surface area contributed by atoms with Crippen LogP contribution in [-0.2, 0) is 9.53 Å². The van der Waals surface area contributed by atoms with Gasteiger partial charge in [-0.15, -0.1) is 0 Å². The topological polar surface area (TPSA) is 82.1 Å². The molecule has 0 aromatic carbocycles. The van der Waals surface area contributed by atoms with E-state index in [0.717, 1.165) is 26.1 Å². The van der Waals surface area contributed by atoms with Gasteiger partial charge in [-0.05, 0) is 32.2 Å². The van der Waals surface area contributed by atoms with Gasteiger partial charge in [0.05, 0.1) is 12.7 Å². The van der Waals surface area contributed by atoms with Crippen LogP contribution in [0.4, 0.5) is 4.79 Å². The van der Waals surface area contributed by atoms with Gasteiger partial charge in [0.1, 0.15) is 6.04 Å². The summed E-state index contributed by atoms with van der Waals surface area (Å²) in [6.45, 7) is 3.68. The summed E-state index contributed by atoms with van der Waals surface area (Å²) in [5, 5.41) is 11.9. The second-order valence-corrected chi connectivity index (χ2v) is 6.12. The number of carbonyl (C=O) groups is 2. The molecule has 7 nitrogen and oxygen atoms in total. The maximum atomic E-state index is 12.1. The van der Waals surface area contributed by atoms with Crippen LogP contribution >= 0.6 is 0 Å². The van der Waals surface area contributed by atoms with E-state index in [1.165, 1.54) is 17.7 Å². The van der Waals surface area contributed by atoms with Crippen molar-refractivity contribution in [2.45, 2.75) is 43.9 Å². The summed E-state index contributed by atoms with van der Waals surface area (Å²) < 4.78 is 5.79. The largest absolute Gasteiger partial charge is 0.480 e. The van der Waals surface area contributed by atoms with Gasteiger partial charge < -0.3 is 20.1 Å². The number of rotatable bonds is 3. The van der Waals surface area contributed by atoms with Crippen molar-refractivity contribution in [2.75, 3.05) is 32.8 Å². The third-order valence-corrected chi connectivity index (χ3v) is 4.74. The second-order valence-electron chi connectivity index (χ2n) is 6.12. The third kappa shape index (κ3) is 3.13. The first-order chi connectivity index (χ1) is 10.1. The van der Waals surface area contributed by atoms with Crippen molar-refractivity contribution in [3.8, 4) is 0 Å². The fourth-order valence-corrected chi connectivity index (χ4v) is 3.58. The van der Waals surface area contributed by atoms with Crippen LogP contribution in [0.2, 0.25) is 0 Å². The number of urea groups is 1. The minimum Gasteiger partial charge on any atom is -0.480 e. The molecule has 3 fully saturated rings. The number of fused-ring (bicyclic) bond motifs is 1. The number of hydrogen-bond acceptors (Lipinski definition) is 4. The van der Waals surface area contributed by atoms with E-state index in [0.29, 0.717) is 25.6 Å². The lowest BCUT2D eigenvalue weighted by Gasteiger charge is -2.35. The van der Waals surface area contributed by atoms with E-state index in [1.807, 2.05) is 0 Å². The predicted octanol–water partition coefficient (Wildman–Crippen LogP) is 0.108. The third-order valence-electron chi connectivity index (χ3n) is 4.74. The molecule has 21 heavy (non-hydrogen) atoms. The molecule has 3 aliphatic rings. The van der Waals surface area contributed by atoms with Gasteiger partial charge in [-0.2, -0.15) is 0 Å². The Balaban J connectivity index is 1.46. The molecule has 7 heteroatoms. The highest BCUT2D eigenvalue weighted by atomic mass is 16.5. The highest BCUT2D eigenvalue weighted by molar-refractivity contribution is 5.83. The summed E-state index contributed by atoms with van der Waals surface area (Å²) in [5.41, 5.74) is 0. The van der Waals surface area contributed by atoms with E-state index in [2.05, 4.69) is 10.2 Å². The van der Waals surface area contributed by atoms with Crippen LogP contribution in [0.5, 0.6) is 0 Å². The van der Waals surface area contributed by atoms with Crippen molar-refractivity contribution >= 4 is 12.0 Å². The zero-order valence-corrected chi connectivity index (χ0v) is 12.2. The molecule has 118 valence electrons. The van der Waals surface area contributed by atoms with Gasteiger partial charge in [0, 0.05) is 25.7 Å². The van der Waals surface area contributed by atoms with Gasteiger partial charge in [0.2, 0.25) is 0 Å². The zero-order chi connectivity index (χ0) is 14.8. The molecule has 0 aromatic heterocycles. The van der Waals surface area contributed by atoms with Crippen molar-refractivity contribution in [2.24, 2.45) is 0 Å². The maximum Gasteiger partial charge on any atom is 0.326 e. The van der Waals surface area contributed by atoms with Gasteiger partial charge in [0.25, 0.3) is 0 Å². The average Bonchev–Trinajstić information content (AvgIpc) is 3.12. The number of nitrogens with one attached hydrogen (secondary N) is 1. The van der Waals surface area contributed by atoms with E-state index < -0.39 is 12.0 Å². The number of morpholine rings is 1. The number of carbonyl (C=O) groups excluding carboxylic acids is 1. The number of nitrogens with zero attached hydrogens (tertiary/aromatic N) is 2. The summed E-state index contributed by atoms with van der Waals surface area (Å²) in [5.74, 6) is -0.920. The minimum absolute atomic E-state index is 0.00850. The van der Waals surface area contributed by atoms with Crippen molar-refractivity contribution in [3.63, 3.8) is 0 Å². The Morgan fingerprint density at radius 1 is 1.24 bits per heavy atom. The van der Waals surface area contributed by atoms with E-state index in [1.54, 1.807) is 0 Å². The lowest BCUT2D eigenvalue weighted by Crippen LogP contribution is -2.52. The smallest absolute Gasteiger partial charge is 0.326 e. The molecule has 2 N–H and O–H groups in total. The monoisotopic (exact) mass is 297 g/mol. The number of aliphatic carboxylic acids is 1. The molecule has 0 saturated carbocycles. The van der Waals surface area contributed by atoms with Crippen LogP contribution in [0.15, 0.2) is 0 Å². The fourth-order valence-electron chi connectivity index (χ4n) is 3.58. The lowest BCUT2D eigenvalue weighted by molar-refractivity contribution is -0.141. The van der Waals surface area contributed by atoms with Crippen LogP contribution in [-0.4, -0.2) is 77.9 Å². The summed E-state index contributed by atoms with van der Waals surface area (Å²) in [6.07, 6.45) is 3.72. The standard InChI is InChI=1S/C14H23N3O4/c18-13(19)12-4-2-6-17(12)14(20)15-7-11-8-16-5-1-3-10(16)9-21-11/h10-12H,1-9H2,(H,15,20)(H,18,19)/t10?,11?,12-/m1/s1. The summed E-state index contributed by atoms with van der Waals surface area (Å²) >= 11 is 0. The molecule has 0 spiro atoms. The fraction of sp³-hybridized carbons (Fsp3) is 0.857. The number of ether oxygens (including phenoxy) is 1. The Kier molecular flexibility index (Phi) is 4.30. The SMILES string of the molecule is O=C(O)[C@H]1CCCN1C(=O)NCC1CN2CCCC2CO1. The summed E-state index contributed by atoms with van der Waals surface area (Å²) in [6, 6.07) is -0.417. The van der Waals surface area contributed by atoms with Crippen LogP contribution in [0.25, 0.3) is 0 Å². The molecule has 3 aliphatic heterocycles. The number of carboxylic acids is 1. The van der Waals surface area contributed by atoms with Crippen molar-refractivity contribution < 1.29 is 19.4 Å². The normalized spacial score (nSPS) is 33.0. The number of likely N-dealkylation sites (tertiary alicyclic amines) is 1. The van der Waals surface area contributed by atoms with E-state index >= 15 is 0 Å². The van der Waals surface area contributed by atoms with E-state index in [4.69, 9.17) is 9.84 Å². The first kappa shape index (κ1) is 14.6. The molecule has 0 aromatic rings. The molecular weight excluding hydrogens is 274 g/mol. The maximum absolute atomic E-state index is 12.1. The van der Waals surface area contributed by atoms with Gasteiger partial charge in [-0.25, -0.2) is 9.59 Å². The van der Waals surface area contributed by atoms with Crippen LogP contribution in [0.1, 0.15) is 25.7 Å². The molecule has 3 heterocycles. The average molecular weight is 297 g/mol. The minimum atomic E-state index is -0.920. The van der Waals surface area contributed by atoms with Crippen molar-refractivity contribution in [3.05, 3.63) is 0 Å². The van der Waals surface area contributed by atoms with E-state index in [-0.39, 0.29) is 12.1 Å². The van der Waals surface area contributed by atoms with E-state index in [9.17, 15) is 9.59 Å². The van der Waals surface area contributed by atoms with Gasteiger partial charge in [0.15, 0.2) is 0 Å². The Hall–Kier alpha value is -1.34. The highest BCUT2D eigenvalue weighted by Gasteiger charge is 2.35. The van der Waals surface area contributed by atoms with Crippen LogP contribution < -0.4 is 5.32 Å². The number of amides is 2. The molecule has 0 radical (unpaired) electrons.